The number of carbonyl (C=O) groups excluding carboxylic acids is 5. The Morgan fingerprint density at radius 2 is 1.57 bits per heavy atom. The lowest BCUT2D eigenvalue weighted by atomic mass is 9.49. The monoisotopic (exact) mass is 809 g/mol. The molecule has 2 saturated heterocycles. The summed E-state index contributed by atoms with van der Waals surface area (Å²) in [6, 6.07) is 15.7. The van der Waals surface area contributed by atoms with Crippen LogP contribution >= 0.6 is 0 Å². The predicted octanol–water partition coefficient (Wildman–Crippen LogP) is 4.15. The normalized spacial score (nSPS) is 26.6. The number of hydrogen-bond donors (Lipinski definition) is 1. The number of hydrogen-bond acceptors (Lipinski definition) is 11. The highest BCUT2D eigenvalue weighted by Gasteiger charge is 2.67. The number of rotatable bonds is 7. The summed E-state index contributed by atoms with van der Waals surface area (Å²) in [5.74, 6) is 6.03. The molecular formula is C46H47N7O7. The number of amides is 5. The van der Waals surface area contributed by atoms with E-state index in [2.05, 4.69) is 60.7 Å². The molecular weight excluding hydrogens is 763 g/mol. The Morgan fingerprint density at radius 1 is 0.850 bits per heavy atom. The van der Waals surface area contributed by atoms with Crippen molar-refractivity contribution in [1.29, 1.82) is 5.26 Å². The zero-order valence-electron chi connectivity index (χ0n) is 34.4. The number of methoxy groups -OCH3 is 1. The summed E-state index contributed by atoms with van der Waals surface area (Å²) in [6.45, 7) is 12.2. The van der Waals surface area contributed by atoms with Crippen LogP contribution in [0.25, 0.3) is 0 Å². The van der Waals surface area contributed by atoms with Crippen molar-refractivity contribution >= 4 is 35.2 Å². The molecule has 0 spiro atoms. The molecule has 1 N–H and O–H groups in total. The molecule has 5 amide bonds. The van der Waals surface area contributed by atoms with Gasteiger partial charge in [0.2, 0.25) is 11.8 Å². The van der Waals surface area contributed by atoms with Gasteiger partial charge in [0, 0.05) is 73.2 Å². The van der Waals surface area contributed by atoms with Crippen molar-refractivity contribution in [2.75, 3.05) is 38.2 Å². The standard InChI is InChI=1S/C46H47N7O7/c1-45(2)43(46(3,4)44(45)60-31-11-7-27(24-47)37(23-31)59-5)52-25-35-33(40(52)56)12-9-28(48-35)8-6-26-20-30(21-26)51-18-16-50(17-19-51)29-10-13-32-34(22-29)42(58)53(41(32)57)36-14-15-38(54)49-39(36)55/h7,9-13,22-23,26,30,36,43-44H,14-21,25H2,1-5H3,(H,49,54,55). The molecule has 2 aromatic carbocycles. The number of piperidine rings is 1. The second-order valence-electron chi connectivity index (χ2n) is 17.9. The SMILES string of the molecule is COc1cc(OC2C(C)(C)C(N3Cc4nc(C#CC5CC(N6CCN(c7ccc8c(c7)C(=O)N(C7CCC(=O)NC7=O)C8=O)CC6)C5)ccc4C3=O)C2(C)C)ccc1C#N. The molecule has 1 aromatic heterocycles. The number of piperazine rings is 1. The number of ether oxygens (including phenoxy) is 2. The first-order valence-corrected chi connectivity index (χ1v) is 20.6. The first-order chi connectivity index (χ1) is 28.7. The van der Waals surface area contributed by atoms with E-state index >= 15 is 0 Å². The Bertz CT molecular complexity index is 2450. The summed E-state index contributed by atoms with van der Waals surface area (Å²) in [7, 11) is 1.53. The molecule has 308 valence electrons. The number of nitriles is 1. The van der Waals surface area contributed by atoms with Gasteiger partial charge in [-0.1, -0.05) is 33.6 Å². The first-order valence-electron chi connectivity index (χ1n) is 20.6. The third-order valence-electron chi connectivity index (χ3n) is 13.5. The van der Waals surface area contributed by atoms with E-state index in [0.29, 0.717) is 46.5 Å². The Kier molecular flexibility index (Phi) is 9.47. The van der Waals surface area contributed by atoms with Gasteiger partial charge < -0.3 is 19.3 Å². The number of benzene rings is 2. The summed E-state index contributed by atoms with van der Waals surface area (Å²) in [5.41, 5.74) is 3.17. The molecule has 0 radical (unpaired) electrons. The third-order valence-corrected chi connectivity index (χ3v) is 13.5. The quantitative estimate of drug-likeness (QED) is 0.269. The molecule has 14 heteroatoms. The van der Waals surface area contributed by atoms with Crippen LogP contribution in [0.2, 0.25) is 0 Å². The fourth-order valence-electron chi connectivity index (χ4n) is 10.9. The average molecular weight is 810 g/mol. The number of nitrogens with zero attached hydrogens (tertiary/aromatic N) is 6. The largest absolute Gasteiger partial charge is 0.495 e. The van der Waals surface area contributed by atoms with Gasteiger partial charge in [-0.15, -0.1) is 0 Å². The Hall–Kier alpha value is -6.25. The van der Waals surface area contributed by atoms with E-state index < -0.39 is 29.7 Å². The molecule has 1 unspecified atom stereocenters. The summed E-state index contributed by atoms with van der Waals surface area (Å²) in [4.78, 5) is 76.9. The highest BCUT2D eigenvalue weighted by molar-refractivity contribution is 6.23. The minimum atomic E-state index is -0.984. The van der Waals surface area contributed by atoms with Gasteiger partial charge in [-0.3, -0.25) is 39.1 Å². The summed E-state index contributed by atoms with van der Waals surface area (Å²) >= 11 is 0. The molecule has 5 heterocycles. The van der Waals surface area contributed by atoms with Crippen molar-refractivity contribution in [3.63, 3.8) is 0 Å². The number of carbonyl (C=O) groups is 5. The van der Waals surface area contributed by atoms with Crippen molar-refractivity contribution in [2.45, 2.75) is 84.2 Å². The van der Waals surface area contributed by atoms with Gasteiger partial charge in [-0.25, -0.2) is 4.98 Å². The smallest absolute Gasteiger partial charge is 0.262 e. The maximum absolute atomic E-state index is 13.8. The maximum atomic E-state index is 13.8. The number of aromatic nitrogens is 1. The summed E-state index contributed by atoms with van der Waals surface area (Å²) in [5, 5.41) is 11.6. The van der Waals surface area contributed by atoms with Crippen LogP contribution in [0.4, 0.5) is 5.69 Å². The van der Waals surface area contributed by atoms with Gasteiger partial charge in [0.25, 0.3) is 17.7 Å². The highest BCUT2D eigenvalue weighted by atomic mass is 16.5. The van der Waals surface area contributed by atoms with Crippen LogP contribution in [0.3, 0.4) is 0 Å². The van der Waals surface area contributed by atoms with Crippen LogP contribution < -0.4 is 19.7 Å². The fourth-order valence-corrected chi connectivity index (χ4v) is 10.9. The van der Waals surface area contributed by atoms with E-state index in [0.717, 1.165) is 55.3 Å². The zero-order valence-corrected chi connectivity index (χ0v) is 34.4. The number of nitrogens with one attached hydrogen (secondary N) is 1. The molecule has 4 aliphatic heterocycles. The molecule has 2 aliphatic carbocycles. The molecule has 14 nitrogen and oxygen atoms in total. The minimum Gasteiger partial charge on any atom is -0.495 e. The Balaban J connectivity index is 0.776. The highest BCUT2D eigenvalue weighted by Crippen LogP contribution is 2.59. The molecule has 2 saturated carbocycles. The lowest BCUT2D eigenvalue weighted by molar-refractivity contribution is -0.199. The predicted molar refractivity (Wildman–Crippen MR) is 218 cm³/mol. The van der Waals surface area contributed by atoms with Crippen LogP contribution in [0.1, 0.15) is 101 Å². The molecule has 6 aliphatic rings. The van der Waals surface area contributed by atoms with Gasteiger partial charge in [0.15, 0.2) is 0 Å². The van der Waals surface area contributed by atoms with Crippen LogP contribution in [0, 0.1) is 39.9 Å². The fraction of sp³-hybridized carbons (Fsp3) is 0.457. The van der Waals surface area contributed by atoms with E-state index in [4.69, 9.17) is 14.5 Å². The van der Waals surface area contributed by atoms with Gasteiger partial charge in [0.1, 0.15) is 35.4 Å². The van der Waals surface area contributed by atoms with Gasteiger partial charge in [-0.05, 0) is 67.6 Å². The van der Waals surface area contributed by atoms with Crippen LogP contribution in [-0.2, 0) is 16.1 Å². The summed E-state index contributed by atoms with van der Waals surface area (Å²) < 4.78 is 11.9. The number of pyridine rings is 1. The van der Waals surface area contributed by atoms with Crippen molar-refractivity contribution in [3.05, 3.63) is 82.2 Å². The number of anilines is 1. The number of fused-ring (bicyclic) bond motifs is 2. The van der Waals surface area contributed by atoms with Crippen molar-refractivity contribution in [1.82, 2.24) is 25.0 Å². The van der Waals surface area contributed by atoms with Crippen LogP contribution in [0.15, 0.2) is 48.5 Å². The summed E-state index contributed by atoms with van der Waals surface area (Å²) in [6.07, 6.45) is 1.96. The van der Waals surface area contributed by atoms with Crippen LogP contribution in [0.5, 0.6) is 11.5 Å². The first kappa shape index (κ1) is 39.2. The third kappa shape index (κ3) is 6.36. The Morgan fingerprint density at radius 3 is 2.27 bits per heavy atom. The lowest BCUT2D eigenvalue weighted by Crippen LogP contribution is -2.74. The van der Waals surface area contributed by atoms with Crippen LogP contribution in [-0.4, -0.2) is 107 Å². The van der Waals surface area contributed by atoms with Crippen molar-refractivity contribution in [2.24, 2.45) is 16.7 Å². The molecule has 3 aromatic rings. The second kappa shape index (κ2) is 14.5. The van der Waals surface area contributed by atoms with Crippen molar-refractivity contribution < 1.29 is 33.4 Å². The average Bonchev–Trinajstić information content (AvgIpc) is 3.65. The van der Waals surface area contributed by atoms with E-state index in [-0.39, 0.29) is 53.2 Å². The van der Waals surface area contributed by atoms with E-state index in [1.807, 2.05) is 23.1 Å². The Labute approximate surface area is 348 Å². The topological polar surface area (TPSA) is 165 Å². The minimum absolute atomic E-state index is 0.0280. The number of imide groups is 2. The lowest BCUT2D eigenvalue weighted by Gasteiger charge is -2.65. The van der Waals surface area contributed by atoms with Gasteiger partial charge in [0.05, 0.1) is 41.6 Å². The van der Waals surface area contributed by atoms with E-state index in [1.54, 1.807) is 30.3 Å². The van der Waals surface area contributed by atoms with Crippen molar-refractivity contribution in [3.8, 4) is 29.4 Å². The van der Waals surface area contributed by atoms with Gasteiger partial charge in [-0.2, -0.15) is 5.26 Å². The molecule has 9 rings (SSSR count). The molecule has 0 bridgehead atoms. The molecule has 1 atom stereocenters. The molecule has 4 fully saturated rings. The van der Waals surface area contributed by atoms with E-state index in [1.165, 1.54) is 7.11 Å². The zero-order chi connectivity index (χ0) is 42.2. The second-order valence-corrected chi connectivity index (χ2v) is 17.9. The van der Waals surface area contributed by atoms with E-state index in [9.17, 15) is 29.2 Å². The maximum Gasteiger partial charge on any atom is 0.262 e. The van der Waals surface area contributed by atoms with Gasteiger partial charge >= 0.3 is 0 Å². The molecule has 60 heavy (non-hydrogen) atoms.